The van der Waals surface area contributed by atoms with Gasteiger partial charge in [-0.1, -0.05) is 26.7 Å². The first-order valence-corrected chi connectivity index (χ1v) is 7.93. The Morgan fingerprint density at radius 1 is 1.00 bits per heavy atom. The first-order valence-electron chi connectivity index (χ1n) is 7.93. The molecule has 2 rings (SSSR count). The molecule has 0 aromatic rings. The fourth-order valence-corrected chi connectivity index (χ4v) is 4.35. The molecule has 0 atom stereocenters. The molecule has 18 heavy (non-hydrogen) atoms. The number of rotatable bonds is 4. The highest BCUT2D eigenvalue weighted by Gasteiger charge is 2.44. The highest BCUT2D eigenvalue weighted by molar-refractivity contribution is 5.00. The highest BCUT2D eigenvalue weighted by Crippen LogP contribution is 2.52. The second-order valence-electron chi connectivity index (χ2n) is 7.41. The van der Waals surface area contributed by atoms with Gasteiger partial charge >= 0.3 is 0 Å². The average molecular weight is 252 g/mol. The van der Waals surface area contributed by atoms with Crippen molar-refractivity contribution >= 4 is 0 Å². The molecule has 2 N–H and O–H groups in total. The summed E-state index contributed by atoms with van der Waals surface area (Å²) in [5.41, 5.74) is 7.18. The quantitative estimate of drug-likeness (QED) is 0.831. The van der Waals surface area contributed by atoms with Crippen molar-refractivity contribution in [2.75, 3.05) is 20.1 Å². The molecule has 106 valence electrons. The normalized spacial score (nSPS) is 26.3. The maximum absolute atomic E-state index is 6.16. The third-order valence-electron chi connectivity index (χ3n) is 5.73. The minimum absolute atomic E-state index is 0.304. The number of hydrogen-bond acceptors (Lipinski definition) is 2. The number of nitrogens with two attached hydrogens (primary N) is 1. The summed E-state index contributed by atoms with van der Waals surface area (Å²) in [5.74, 6) is 0.737. The van der Waals surface area contributed by atoms with Crippen molar-refractivity contribution in [3.63, 3.8) is 0 Å². The standard InChI is InChI=1S/C16H32N2/c1-14(2)12-18(3)16(13-17)10-8-15(9-11-16)6-4-5-7-15/h14H,4-13,17H2,1-3H3. The van der Waals surface area contributed by atoms with E-state index in [0.717, 1.165) is 17.9 Å². The Morgan fingerprint density at radius 2 is 1.56 bits per heavy atom. The molecule has 0 aliphatic heterocycles. The molecule has 0 saturated heterocycles. The molecule has 1 spiro atoms. The van der Waals surface area contributed by atoms with Gasteiger partial charge in [-0.2, -0.15) is 0 Å². The molecule has 0 aromatic carbocycles. The summed E-state index contributed by atoms with van der Waals surface area (Å²) in [6.07, 6.45) is 11.4. The van der Waals surface area contributed by atoms with Crippen LogP contribution in [0, 0.1) is 11.3 Å². The maximum atomic E-state index is 6.16. The van der Waals surface area contributed by atoms with Crippen LogP contribution in [0.3, 0.4) is 0 Å². The maximum Gasteiger partial charge on any atom is 0.0329 e. The number of hydrogen-bond donors (Lipinski definition) is 1. The lowest BCUT2D eigenvalue weighted by Crippen LogP contribution is -2.56. The zero-order chi connectivity index (χ0) is 13.2. The summed E-state index contributed by atoms with van der Waals surface area (Å²) in [6.45, 7) is 6.64. The Balaban J connectivity index is 1.98. The molecule has 0 aromatic heterocycles. The van der Waals surface area contributed by atoms with E-state index in [2.05, 4.69) is 25.8 Å². The Bertz CT molecular complexity index is 256. The molecule has 0 bridgehead atoms. The van der Waals surface area contributed by atoms with E-state index in [1.165, 1.54) is 57.9 Å². The fourth-order valence-electron chi connectivity index (χ4n) is 4.35. The van der Waals surface area contributed by atoms with Crippen LogP contribution in [-0.4, -0.2) is 30.6 Å². The van der Waals surface area contributed by atoms with Crippen molar-refractivity contribution in [2.45, 2.75) is 70.8 Å². The molecule has 0 heterocycles. The van der Waals surface area contributed by atoms with Crippen LogP contribution in [0.1, 0.15) is 65.2 Å². The number of nitrogens with zero attached hydrogens (tertiary/aromatic N) is 1. The Kier molecular flexibility index (Phi) is 4.38. The van der Waals surface area contributed by atoms with Crippen molar-refractivity contribution in [2.24, 2.45) is 17.1 Å². The van der Waals surface area contributed by atoms with Gasteiger partial charge in [-0.05, 0) is 56.9 Å². The van der Waals surface area contributed by atoms with Crippen LogP contribution < -0.4 is 5.73 Å². The SMILES string of the molecule is CC(C)CN(C)C1(CN)CCC2(CCCC2)CC1. The van der Waals surface area contributed by atoms with Crippen molar-refractivity contribution < 1.29 is 0 Å². The van der Waals surface area contributed by atoms with Crippen molar-refractivity contribution in [3.8, 4) is 0 Å². The van der Waals surface area contributed by atoms with E-state index in [4.69, 9.17) is 5.73 Å². The van der Waals surface area contributed by atoms with E-state index >= 15 is 0 Å². The monoisotopic (exact) mass is 252 g/mol. The highest BCUT2D eigenvalue weighted by atomic mass is 15.2. The molecule has 0 amide bonds. The smallest absolute Gasteiger partial charge is 0.0329 e. The third-order valence-corrected chi connectivity index (χ3v) is 5.73. The van der Waals surface area contributed by atoms with Crippen LogP contribution in [0.25, 0.3) is 0 Å². The van der Waals surface area contributed by atoms with E-state index in [0.29, 0.717) is 5.54 Å². The Hall–Kier alpha value is -0.0800. The molecule has 2 aliphatic carbocycles. The van der Waals surface area contributed by atoms with E-state index in [1.807, 2.05) is 0 Å². The second-order valence-corrected chi connectivity index (χ2v) is 7.41. The molecular formula is C16H32N2. The van der Waals surface area contributed by atoms with E-state index in [1.54, 1.807) is 0 Å². The van der Waals surface area contributed by atoms with Gasteiger partial charge in [-0.3, -0.25) is 4.90 Å². The van der Waals surface area contributed by atoms with Gasteiger partial charge in [-0.15, -0.1) is 0 Å². The van der Waals surface area contributed by atoms with Gasteiger partial charge in [-0.25, -0.2) is 0 Å². The summed E-state index contributed by atoms with van der Waals surface area (Å²) >= 11 is 0. The first kappa shape index (κ1) is 14.3. The topological polar surface area (TPSA) is 29.3 Å². The van der Waals surface area contributed by atoms with Gasteiger partial charge in [0.15, 0.2) is 0 Å². The summed E-state index contributed by atoms with van der Waals surface area (Å²) < 4.78 is 0. The lowest BCUT2D eigenvalue weighted by molar-refractivity contribution is 0.0243. The van der Waals surface area contributed by atoms with Crippen LogP contribution >= 0.6 is 0 Å². The molecule has 0 unspecified atom stereocenters. The van der Waals surface area contributed by atoms with Crippen molar-refractivity contribution in [3.05, 3.63) is 0 Å². The molecular weight excluding hydrogens is 220 g/mol. The number of likely N-dealkylation sites (N-methyl/N-ethyl adjacent to an activating group) is 1. The fraction of sp³-hybridized carbons (Fsp3) is 1.00. The lowest BCUT2D eigenvalue weighted by atomic mass is 9.66. The predicted molar refractivity (Wildman–Crippen MR) is 78.6 cm³/mol. The van der Waals surface area contributed by atoms with Crippen molar-refractivity contribution in [1.82, 2.24) is 4.90 Å². The van der Waals surface area contributed by atoms with Crippen LogP contribution in [-0.2, 0) is 0 Å². The van der Waals surface area contributed by atoms with Crippen LogP contribution in [0.15, 0.2) is 0 Å². The van der Waals surface area contributed by atoms with Crippen LogP contribution in [0.2, 0.25) is 0 Å². The molecule has 2 saturated carbocycles. The summed E-state index contributed by atoms with van der Waals surface area (Å²) in [7, 11) is 2.29. The van der Waals surface area contributed by atoms with Gasteiger partial charge in [0.1, 0.15) is 0 Å². The zero-order valence-electron chi connectivity index (χ0n) is 12.7. The molecule has 2 aliphatic rings. The van der Waals surface area contributed by atoms with Crippen LogP contribution in [0.5, 0.6) is 0 Å². The molecule has 0 radical (unpaired) electrons. The molecule has 2 heteroatoms. The minimum Gasteiger partial charge on any atom is -0.329 e. The van der Waals surface area contributed by atoms with E-state index in [9.17, 15) is 0 Å². The average Bonchev–Trinajstić information content (AvgIpc) is 2.78. The van der Waals surface area contributed by atoms with E-state index in [-0.39, 0.29) is 0 Å². The van der Waals surface area contributed by atoms with Crippen molar-refractivity contribution in [1.29, 1.82) is 0 Å². The van der Waals surface area contributed by atoms with Gasteiger partial charge in [0.2, 0.25) is 0 Å². The molecule has 2 fully saturated rings. The minimum atomic E-state index is 0.304. The zero-order valence-corrected chi connectivity index (χ0v) is 12.7. The van der Waals surface area contributed by atoms with Gasteiger partial charge in [0, 0.05) is 18.6 Å². The second kappa shape index (κ2) is 5.50. The van der Waals surface area contributed by atoms with E-state index < -0.39 is 0 Å². The van der Waals surface area contributed by atoms with Gasteiger partial charge in [0.05, 0.1) is 0 Å². The van der Waals surface area contributed by atoms with Gasteiger partial charge < -0.3 is 5.73 Å². The Morgan fingerprint density at radius 3 is 2.00 bits per heavy atom. The molecule has 2 nitrogen and oxygen atoms in total. The predicted octanol–water partition coefficient (Wildman–Crippen LogP) is 3.41. The summed E-state index contributed by atoms with van der Waals surface area (Å²) in [5, 5.41) is 0. The van der Waals surface area contributed by atoms with Crippen LogP contribution in [0.4, 0.5) is 0 Å². The summed E-state index contributed by atoms with van der Waals surface area (Å²) in [4.78, 5) is 2.57. The third kappa shape index (κ3) is 2.75. The first-order chi connectivity index (χ1) is 8.52. The van der Waals surface area contributed by atoms with Gasteiger partial charge in [0.25, 0.3) is 0 Å². The largest absolute Gasteiger partial charge is 0.329 e. The Labute approximate surface area is 113 Å². The summed E-state index contributed by atoms with van der Waals surface area (Å²) in [6, 6.07) is 0. The lowest BCUT2D eigenvalue weighted by Gasteiger charge is -2.50.